The van der Waals surface area contributed by atoms with Crippen molar-refractivity contribution < 1.29 is 4.39 Å². The molecule has 1 aliphatic rings. The van der Waals surface area contributed by atoms with Crippen LogP contribution in [0.25, 0.3) is 0 Å². The Kier molecular flexibility index (Phi) is 9.02. The molecule has 0 amide bonds. The van der Waals surface area contributed by atoms with E-state index in [1.807, 2.05) is 7.05 Å². The van der Waals surface area contributed by atoms with Crippen molar-refractivity contribution >= 4 is 24.8 Å². The van der Waals surface area contributed by atoms with Gasteiger partial charge in [-0.15, -0.1) is 24.8 Å². The zero-order chi connectivity index (χ0) is 6.69. The van der Waals surface area contributed by atoms with Crippen molar-refractivity contribution in [3.63, 3.8) is 0 Å². The zero-order valence-electron chi connectivity index (χ0n) is 6.55. The van der Waals surface area contributed by atoms with Crippen LogP contribution in [0.1, 0.15) is 0 Å². The lowest BCUT2D eigenvalue weighted by Gasteiger charge is -2.30. The van der Waals surface area contributed by atoms with E-state index in [9.17, 15) is 4.39 Å². The molecule has 0 spiro atoms. The topological polar surface area (TPSA) is 15.3 Å². The van der Waals surface area contributed by atoms with Gasteiger partial charge in [-0.3, -0.25) is 4.90 Å². The lowest BCUT2D eigenvalue weighted by atomic mass is 10.2. The summed E-state index contributed by atoms with van der Waals surface area (Å²) in [7, 11) is 1.96. The van der Waals surface area contributed by atoms with Gasteiger partial charge in [0.25, 0.3) is 0 Å². The van der Waals surface area contributed by atoms with E-state index >= 15 is 0 Å². The van der Waals surface area contributed by atoms with Gasteiger partial charge < -0.3 is 5.32 Å². The van der Waals surface area contributed by atoms with Gasteiger partial charge in [0.1, 0.15) is 6.67 Å². The van der Waals surface area contributed by atoms with Gasteiger partial charge >= 0.3 is 0 Å². The van der Waals surface area contributed by atoms with Crippen molar-refractivity contribution in [1.82, 2.24) is 10.2 Å². The third kappa shape index (κ3) is 4.11. The smallest absolute Gasteiger partial charge is 0.106 e. The molecule has 1 saturated heterocycles. The van der Waals surface area contributed by atoms with Crippen LogP contribution in [-0.4, -0.2) is 44.3 Å². The molecule has 1 rings (SSSR count). The van der Waals surface area contributed by atoms with Crippen LogP contribution in [0, 0.1) is 0 Å². The van der Waals surface area contributed by atoms with Crippen molar-refractivity contribution in [2.45, 2.75) is 6.04 Å². The third-order valence-corrected chi connectivity index (χ3v) is 1.82. The fourth-order valence-electron chi connectivity index (χ4n) is 1.03. The van der Waals surface area contributed by atoms with Gasteiger partial charge in [-0.2, -0.15) is 0 Å². The predicted molar refractivity (Wildman–Crippen MR) is 49.8 cm³/mol. The maximum atomic E-state index is 12.0. The zero-order valence-corrected chi connectivity index (χ0v) is 8.18. The van der Waals surface area contributed by atoms with Crippen LogP contribution in [0.15, 0.2) is 0 Å². The molecular formula is C6H15Cl2FN2. The molecule has 1 fully saturated rings. The largest absolute Gasteiger partial charge is 0.314 e. The Balaban J connectivity index is 0. The minimum Gasteiger partial charge on any atom is -0.314 e. The average molecular weight is 205 g/mol. The highest BCUT2D eigenvalue weighted by Gasteiger charge is 2.16. The number of nitrogens with zero attached hydrogens (tertiary/aromatic N) is 1. The molecule has 0 aromatic rings. The van der Waals surface area contributed by atoms with Crippen molar-refractivity contribution in [3.8, 4) is 0 Å². The molecule has 1 atom stereocenters. The molecule has 0 aromatic carbocycles. The Morgan fingerprint density at radius 2 is 2.18 bits per heavy atom. The summed E-state index contributed by atoms with van der Waals surface area (Å²) in [5, 5.41) is 3.13. The summed E-state index contributed by atoms with van der Waals surface area (Å²) >= 11 is 0. The number of nitrogens with one attached hydrogen (secondary N) is 1. The highest BCUT2D eigenvalue weighted by atomic mass is 35.5. The molecule has 0 saturated carbocycles. The van der Waals surface area contributed by atoms with Crippen molar-refractivity contribution in [3.05, 3.63) is 0 Å². The molecule has 1 unspecified atom stereocenters. The van der Waals surface area contributed by atoms with E-state index in [1.54, 1.807) is 0 Å². The molecule has 5 heteroatoms. The van der Waals surface area contributed by atoms with Crippen LogP contribution >= 0.6 is 24.8 Å². The summed E-state index contributed by atoms with van der Waals surface area (Å²) < 4.78 is 12.0. The number of piperazine rings is 1. The molecular weight excluding hydrogens is 190 g/mol. The number of halogens is 3. The van der Waals surface area contributed by atoms with Crippen LogP contribution in [0.3, 0.4) is 0 Å². The summed E-state index contributed by atoms with van der Waals surface area (Å²) in [6, 6.07) is 0.110. The van der Waals surface area contributed by atoms with Crippen molar-refractivity contribution in [1.29, 1.82) is 0 Å². The van der Waals surface area contributed by atoms with E-state index in [0.717, 1.165) is 19.6 Å². The fraction of sp³-hybridized carbons (Fsp3) is 1.00. The Morgan fingerprint density at radius 1 is 1.55 bits per heavy atom. The first-order valence-electron chi connectivity index (χ1n) is 3.31. The van der Waals surface area contributed by atoms with E-state index in [4.69, 9.17) is 0 Å². The quantitative estimate of drug-likeness (QED) is 0.678. The summed E-state index contributed by atoms with van der Waals surface area (Å²) in [5.41, 5.74) is 0. The molecule has 11 heavy (non-hydrogen) atoms. The third-order valence-electron chi connectivity index (χ3n) is 1.82. The van der Waals surface area contributed by atoms with E-state index in [0.29, 0.717) is 0 Å². The van der Waals surface area contributed by atoms with E-state index in [-0.39, 0.29) is 37.5 Å². The number of hydrogen-bond acceptors (Lipinski definition) is 2. The highest BCUT2D eigenvalue weighted by Crippen LogP contribution is 1.98. The van der Waals surface area contributed by atoms with Gasteiger partial charge in [0, 0.05) is 19.6 Å². The lowest BCUT2D eigenvalue weighted by Crippen LogP contribution is -2.50. The summed E-state index contributed by atoms with van der Waals surface area (Å²) in [6.07, 6.45) is 0. The molecule has 1 heterocycles. The first-order chi connectivity index (χ1) is 4.34. The van der Waals surface area contributed by atoms with E-state index in [2.05, 4.69) is 10.2 Å². The van der Waals surface area contributed by atoms with Crippen LogP contribution in [-0.2, 0) is 0 Å². The maximum absolute atomic E-state index is 12.0. The SMILES string of the molecule is CN1CCNCC1CF.Cl.Cl. The van der Waals surface area contributed by atoms with Crippen LogP contribution in [0.4, 0.5) is 4.39 Å². The van der Waals surface area contributed by atoms with Crippen LogP contribution in [0.5, 0.6) is 0 Å². The maximum Gasteiger partial charge on any atom is 0.106 e. The molecule has 70 valence electrons. The summed E-state index contributed by atoms with van der Waals surface area (Å²) in [4.78, 5) is 2.05. The van der Waals surface area contributed by atoms with Crippen LogP contribution < -0.4 is 5.32 Å². The Hall–Kier alpha value is 0.430. The normalized spacial score (nSPS) is 25.1. The number of alkyl halides is 1. The second kappa shape index (κ2) is 7.10. The Bertz CT molecular complexity index is 94.7. The van der Waals surface area contributed by atoms with Crippen LogP contribution in [0.2, 0.25) is 0 Å². The first kappa shape index (κ1) is 14.0. The second-order valence-electron chi connectivity index (χ2n) is 2.49. The van der Waals surface area contributed by atoms with Crippen molar-refractivity contribution in [2.24, 2.45) is 0 Å². The second-order valence-corrected chi connectivity index (χ2v) is 2.49. The predicted octanol–water partition coefficient (Wildman–Crippen LogP) is 0.703. The molecule has 2 nitrogen and oxygen atoms in total. The standard InChI is InChI=1S/C6H13FN2.2ClH/c1-9-3-2-8-5-6(9)4-7;;/h6,8H,2-5H2,1H3;2*1H. The molecule has 0 aromatic heterocycles. The minimum absolute atomic E-state index is 0. The monoisotopic (exact) mass is 204 g/mol. The summed E-state index contributed by atoms with van der Waals surface area (Å²) in [6.45, 7) is 2.53. The Morgan fingerprint density at radius 3 is 2.55 bits per heavy atom. The fourth-order valence-corrected chi connectivity index (χ4v) is 1.03. The van der Waals surface area contributed by atoms with E-state index < -0.39 is 0 Å². The minimum atomic E-state index is -0.233. The molecule has 0 bridgehead atoms. The molecule has 1 N–H and O–H groups in total. The lowest BCUT2D eigenvalue weighted by molar-refractivity contribution is 0.168. The highest BCUT2D eigenvalue weighted by molar-refractivity contribution is 5.85. The molecule has 0 aliphatic carbocycles. The van der Waals surface area contributed by atoms with Gasteiger partial charge in [0.2, 0.25) is 0 Å². The van der Waals surface area contributed by atoms with E-state index in [1.165, 1.54) is 0 Å². The Labute approximate surface area is 79.3 Å². The average Bonchev–Trinajstić information content (AvgIpc) is 1.89. The molecule has 1 aliphatic heterocycles. The number of hydrogen-bond donors (Lipinski definition) is 1. The summed E-state index contributed by atoms with van der Waals surface area (Å²) in [5.74, 6) is 0. The number of likely N-dealkylation sites (N-methyl/N-ethyl adjacent to an activating group) is 1. The van der Waals surface area contributed by atoms with Gasteiger partial charge in [0.05, 0.1) is 6.04 Å². The number of rotatable bonds is 1. The first-order valence-corrected chi connectivity index (χ1v) is 3.31. The van der Waals surface area contributed by atoms with Gasteiger partial charge in [-0.05, 0) is 7.05 Å². The van der Waals surface area contributed by atoms with Gasteiger partial charge in [0.15, 0.2) is 0 Å². The van der Waals surface area contributed by atoms with Gasteiger partial charge in [-0.25, -0.2) is 4.39 Å². The van der Waals surface area contributed by atoms with Crippen molar-refractivity contribution in [2.75, 3.05) is 33.4 Å². The molecule has 0 radical (unpaired) electrons. The van der Waals surface area contributed by atoms with Gasteiger partial charge in [-0.1, -0.05) is 0 Å².